The van der Waals surface area contributed by atoms with Crippen LogP contribution in [0, 0.1) is 5.82 Å². The van der Waals surface area contributed by atoms with Crippen LogP contribution in [0.5, 0.6) is 0 Å². The molecular formula is C16H24FNO. The van der Waals surface area contributed by atoms with Gasteiger partial charge in [0.05, 0.1) is 5.60 Å². The van der Waals surface area contributed by atoms with Crippen LogP contribution in [0.25, 0.3) is 0 Å². The summed E-state index contributed by atoms with van der Waals surface area (Å²) in [4.78, 5) is 0. The van der Waals surface area contributed by atoms with Gasteiger partial charge in [0, 0.05) is 13.1 Å². The molecule has 0 bridgehead atoms. The largest absolute Gasteiger partial charge is 0.389 e. The van der Waals surface area contributed by atoms with Gasteiger partial charge < -0.3 is 10.4 Å². The van der Waals surface area contributed by atoms with Gasteiger partial charge in [-0.15, -0.1) is 0 Å². The van der Waals surface area contributed by atoms with Crippen LogP contribution in [0.15, 0.2) is 24.3 Å². The summed E-state index contributed by atoms with van der Waals surface area (Å²) in [5.74, 6) is 0.133. The monoisotopic (exact) mass is 265 g/mol. The van der Waals surface area contributed by atoms with Gasteiger partial charge in [-0.1, -0.05) is 38.3 Å². The molecule has 1 aliphatic carbocycles. The van der Waals surface area contributed by atoms with Crippen molar-refractivity contribution < 1.29 is 9.50 Å². The average molecular weight is 265 g/mol. The molecule has 0 radical (unpaired) electrons. The molecule has 2 rings (SSSR count). The normalized spacial score (nSPS) is 20.2. The van der Waals surface area contributed by atoms with Crippen LogP contribution in [-0.2, 0) is 0 Å². The number of nitrogens with one attached hydrogen (secondary N) is 1. The number of hydrogen-bond acceptors (Lipinski definition) is 2. The zero-order valence-electron chi connectivity index (χ0n) is 11.7. The van der Waals surface area contributed by atoms with Crippen LogP contribution in [0.1, 0.15) is 50.5 Å². The van der Waals surface area contributed by atoms with E-state index in [1.807, 2.05) is 12.1 Å². The Balaban J connectivity index is 1.77. The van der Waals surface area contributed by atoms with E-state index in [1.165, 1.54) is 18.6 Å². The fraction of sp³-hybridized carbons (Fsp3) is 0.625. The van der Waals surface area contributed by atoms with E-state index in [9.17, 15) is 9.50 Å². The number of rotatable bonds is 5. The SMILES string of the molecule is CC(CNCC1(O)CCCCC1)c1ccc(F)cc1. The van der Waals surface area contributed by atoms with Crippen molar-refractivity contribution in [1.29, 1.82) is 0 Å². The van der Waals surface area contributed by atoms with Gasteiger partial charge in [-0.2, -0.15) is 0 Å². The minimum absolute atomic E-state index is 0.194. The second-order valence-corrected chi connectivity index (χ2v) is 5.87. The summed E-state index contributed by atoms with van der Waals surface area (Å²) in [6, 6.07) is 6.66. The summed E-state index contributed by atoms with van der Waals surface area (Å²) < 4.78 is 12.8. The van der Waals surface area contributed by atoms with Gasteiger partial charge >= 0.3 is 0 Å². The number of halogens is 1. The van der Waals surface area contributed by atoms with Crippen molar-refractivity contribution in [2.75, 3.05) is 13.1 Å². The molecule has 0 heterocycles. The van der Waals surface area contributed by atoms with E-state index in [1.54, 1.807) is 0 Å². The Hall–Kier alpha value is -0.930. The fourth-order valence-electron chi connectivity index (χ4n) is 2.82. The lowest BCUT2D eigenvalue weighted by Crippen LogP contribution is -2.43. The molecule has 19 heavy (non-hydrogen) atoms. The van der Waals surface area contributed by atoms with Gasteiger partial charge in [0.1, 0.15) is 5.82 Å². The Morgan fingerprint density at radius 3 is 2.47 bits per heavy atom. The van der Waals surface area contributed by atoms with Crippen LogP contribution in [0.4, 0.5) is 4.39 Å². The van der Waals surface area contributed by atoms with Gasteiger partial charge in [0.15, 0.2) is 0 Å². The Morgan fingerprint density at radius 2 is 1.84 bits per heavy atom. The maximum atomic E-state index is 12.8. The van der Waals surface area contributed by atoms with Gasteiger partial charge in [-0.3, -0.25) is 0 Å². The molecule has 1 aliphatic rings. The highest BCUT2D eigenvalue weighted by molar-refractivity contribution is 5.20. The summed E-state index contributed by atoms with van der Waals surface area (Å²) >= 11 is 0. The Bertz CT molecular complexity index is 384. The molecule has 2 N–H and O–H groups in total. The third-order valence-electron chi connectivity index (χ3n) is 4.13. The third kappa shape index (κ3) is 4.29. The topological polar surface area (TPSA) is 32.3 Å². The van der Waals surface area contributed by atoms with Crippen LogP contribution in [0.2, 0.25) is 0 Å². The average Bonchev–Trinajstić information content (AvgIpc) is 2.40. The summed E-state index contributed by atoms with van der Waals surface area (Å²) in [5.41, 5.74) is 0.616. The summed E-state index contributed by atoms with van der Waals surface area (Å²) in [5, 5.41) is 13.7. The molecule has 1 unspecified atom stereocenters. The van der Waals surface area contributed by atoms with Crippen LogP contribution in [-0.4, -0.2) is 23.8 Å². The summed E-state index contributed by atoms with van der Waals surface area (Å²) in [7, 11) is 0. The lowest BCUT2D eigenvalue weighted by molar-refractivity contribution is 0.00489. The van der Waals surface area contributed by atoms with Gasteiger partial charge in [0.2, 0.25) is 0 Å². The van der Waals surface area contributed by atoms with Crippen LogP contribution >= 0.6 is 0 Å². The molecule has 0 amide bonds. The minimum atomic E-state index is -0.513. The van der Waals surface area contributed by atoms with Crippen molar-refractivity contribution in [1.82, 2.24) is 5.32 Å². The highest BCUT2D eigenvalue weighted by atomic mass is 19.1. The Kier molecular flexibility index (Phi) is 4.94. The molecule has 1 aromatic rings. The maximum Gasteiger partial charge on any atom is 0.123 e. The predicted molar refractivity (Wildman–Crippen MR) is 75.7 cm³/mol. The van der Waals surface area contributed by atoms with Crippen molar-refractivity contribution in [2.24, 2.45) is 0 Å². The minimum Gasteiger partial charge on any atom is -0.389 e. The van der Waals surface area contributed by atoms with Crippen LogP contribution in [0.3, 0.4) is 0 Å². The summed E-state index contributed by atoms with van der Waals surface area (Å²) in [6.07, 6.45) is 5.32. The Morgan fingerprint density at radius 1 is 1.21 bits per heavy atom. The molecule has 1 atom stereocenters. The number of aliphatic hydroxyl groups is 1. The molecule has 1 saturated carbocycles. The van der Waals surface area contributed by atoms with Crippen molar-refractivity contribution in [2.45, 2.75) is 50.5 Å². The van der Waals surface area contributed by atoms with Crippen molar-refractivity contribution >= 4 is 0 Å². The zero-order valence-corrected chi connectivity index (χ0v) is 11.7. The summed E-state index contributed by atoms with van der Waals surface area (Å²) in [6.45, 7) is 3.59. The second kappa shape index (κ2) is 6.49. The molecule has 1 fully saturated rings. The fourth-order valence-corrected chi connectivity index (χ4v) is 2.82. The van der Waals surface area contributed by atoms with E-state index in [4.69, 9.17) is 0 Å². The molecular weight excluding hydrogens is 241 g/mol. The first-order valence-corrected chi connectivity index (χ1v) is 7.28. The highest BCUT2D eigenvalue weighted by Gasteiger charge is 2.28. The smallest absolute Gasteiger partial charge is 0.123 e. The highest BCUT2D eigenvalue weighted by Crippen LogP contribution is 2.27. The van der Waals surface area contributed by atoms with E-state index in [0.717, 1.165) is 37.8 Å². The Labute approximate surface area is 115 Å². The molecule has 1 aromatic carbocycles. The molecule has 0 aromatic heterocycles. The molecule has 0 aliphatic heterocycles. The van der Waals surface area contributed by atoms with Crippen LogP contribution < -0.4 is 5.32 Å². The quantitative estimate of drug-likeness (QED) is 0.857. The lowest BCUT2D eigenvalue weighted by Gasteiger charge is -2.32. The standard InChI is InChI=1S/C16H24FNO/c1-13(14-5-7-15(17)8-6-14)11-18-12-16(19)9-3-2-4-10-16/h5-8,13,18-19H,2-4,9-12H2,1H3. The predicted octanol–water partition coefficient (Wildman–Crippen LogP) is 3.21. The third-order valence-corrected chi connectivity index (χ3v) is 4.13. The van der Waals surface area contributed by atoms with Crippen molar-refractivity contribution in [3.8, 4) is 0 Å². The van der Waals surface area contributed by atoms with Crippen molar-refractivity contribution in [3.05, 3.63) is 35.6 Å². The molecule has 3 heteroatoms. The van der Waals surface area contributed by atoms with Gasteiger partial charge in [-0.05, 0) is 36.5 Å². The van der Waals surface area contributed by atoms with E-state index >= 15 is 0 Å². The molecule has 0 spiro atoms. The van der Waals surface area contributed by atoms with E-state index in [2.05, 4.69) is 12.2 Å². The van der Waals surface area contributed by atoms with E-state index in [0.29, 0.717) is 12.5 Å². The second-order valence-electron chi connectivity index (χ2n) is 5.87. The first-order chi connectivity index (χ1) is 9.09. The van der Waals surface area contributed by atoms with Gasteiger partial charge in [0.25, 0.3) is 0 Å². The molecule has 106 valence electrons. The zero-order chi connectivity index (χ0) is 13.7. The van der Waals surface area contributed by atoms with Crippen molar-refractivity contribution in [3.63, 3.8) is 0 Å². The molecule has 2 nitrogen and oxygen atoms in total. The lowest BCUT2D eigenvalue weighted by atomic mass is 9.85. The maximum absolute atomic E-state index is 12.8. The first kappa shape index (κ1) is 14.5. The number of hydrogen-bond donors (Lipinski definition) is 2. The van der Waals surface area contributed by atoms with E-state index in [-0.39, 0.29) is 5.82 Å². The van der Waals surface area contributed by atoms with E-state index < -0.39 is 5.60 Å². The molecule has 0 saturated heterocycles. The number of benzene rings is 1. The first-order valence-electron chi connectivity index (χ1n) is 7.28. The van der Waals surface area contributed by atoms with Gasteiger partial charge in [-0.25, -0.2) is 4.39 Å².